The van der Waals surface area contributed by atoms with Crippen molar-refractivity contribution in [2.45, 2.75) is 31.5 Å². The van der Waals surface area contributed by atoms with Crippen LogP contribution >= 0.6 is 0 Å². The van der Waals surface area contributed by atoms with E-state index in [1.54, 1.807) is 24.4 Å². The van der Waals surface area contributed by atoms with Crippen LogP contribution in [0.3, 0.4) is 0 Å². The second kappa shape index (κ2) is 8.07. The van der Waals surface area contributed by atoms with E-state index in [-0.39, 0.29) is 18.1 Å². The Morgan fingerprint density at radius 2 is 1.90 bits per heavy atom. The van der Waals surface area contributed by atoms with Crippen molar-refractivity contribution in [3.63, 3.8) is 0 Å². The van der Waals surface area contributed by atoms with Gasteiger partial charge in [0.15, 0.2) is 5.03 Å². The van der Waals surface area contributed by atoms with Gasteiger partial charge in [-0.05, 0) is 11.6 Å². The summed E-state index contributed by atoms with van der Waals surface area (Å²) >= 11 is 0. The fraction of sp³-hybridized carbons (Fsp3) is 0.400. The van der Waals surface area contributed by atoms with Crippen LogP contribution in [0.2, 0.25) is 0 Å². The third kappa shape index (κ3) is 5.08. The molecule has 0 spiro atoms. The molecule has 1 N–H and O–H groups in total. The minimum atomic E-state index is -3.61. The molecule has 116 valence electrons. The van der Waals surface area contributed by atoms with Gasteiger partial charge in [0.05, 0.1) is 0 Å². The highest BCUT2D eigenvalue weighted by Gasteiger charge is 2.23. The first-order valence-corrected chi connectivity index (χ1v) is 8.26. The highest BCUT2D eigenvalue weighted by molar-refractivity contribution is 7.89. The van der Waals surface area contributed by atoms with Crippen LogP contribution in [0.25, 0.3) is 0 Å². The number of rotatable bonds is 9. The second-order valence-electron chi connectivity index (χ2n) is 4.94. The van der Waals surface area contributed by atoms with Gasteiger partial charge in [-0.2, -0.15) is 4.31 Å². The van der Waals surface area contributed by atoms with Crippen LogP contribution in [0.5, 0.6) is 0 Å². The van der Waals surface area contributed by atoms with Crippen LogP contribution in [0.4, 0.5) is 0 Å². The molecule has 0 unspecified atom stereocenters. The third-order valence-corrected chi connectivity index (χ3v) is 4.53. The Balaban J connectivity index is 2.92. The van der Waals surface area contributed by atoms with Gasteiger partial charge in [0.25, 0.3) is 10.0 Å². The molecule has 0 aliphatic rings. The lowest BCUT2D eigenvalue weighted by Gasteiger charge is -2.18. The summed E-state index contributed by atoms with van der Waals surface area (Å²) in [7, 11) is -3.61. The molecule has 0 aliphatic carbocycles. The van der Waals surface area contributed by atoms with Crippen molar-refractivity contribution in [1.82, 2.24) is 14.6 Å². The zero-order chi connectivity index (χ0) is 15.9. The summed E-state index contributed by atoms with van der Waals surface area (Å²) in [6.07, 6.45) is 4.67. The van der Waals surface area contributed by atoms with Gasteiger partial charge in [-0.3, -0.25) is 0 Å². The molecule has 0 aliphatic heterocycles. The molecule has 21 heavy (non-hydrogen) atoms. The molecule has 0 bridgehead atoms. The Bertz CT molecular complexity index is 555. The summed E-state index contributed by atoms with van der Waals surface area (Å²) in [5.74, 6) is 0. The van der Waals surface area contributed by atoms with Crippen LogP contribution in [0.15, 0.2) is 48.7 Å². The molecule has 0 aromatic carbocycles. The van der Waals surface area contributed by atoms with Crippen molar-refractivity contribution in [2.24, 2.45) is 0 Å². The molecular formula is C15H23N3O2S. The predicted octanol–water partition coefficient (Wildman–Crippen LogP) is 1.94. The van der Waals surface area contributed by atoms with Crippen LogP contribution in [0.1, 0.15) is 19.4 Å². The van der Waals surface area contributed by atoms with Crippen molar-refractivity contribution < 1.29 is 8.42 Å². The lowest BCUT2D eigenvalue weighted by molar-refractivity contribution is 0.471. The maximum atomic E-state index is 12.4. The second-order valence-corrected chi connectivity index (χ2v) is 6.82. The van der Waals surface area contributed by atoms with Crippen molar-refractivity contribution in [3.8, 4) is 0 Å². The number of hydrogen-bond donors (Lipinski definition) is 1. The summed E-state index contributed by atoms with van der Waals surface area (Å²) in [6.45, 7) is 12.4. The zero-order valence-corrected chi connectivity index (χ0v) is 13.4. The molecule has 1 heterocycles. The molecule has 6 heteroatoms. The molecule has 0 fully saturated rings. The van der Waals surface area contributed by atoms with Gasteiger partial charge in [0, 0.05) is 31.9 Å². The van der Waals surface area contributed by atoms with Crippen molar-refractivity contribution in [3.05, 3.63) is 49.2 Å². The monoisotopic (exact) mass is 309 g/mol. The fourth-order valence-corrected chi connectivity index (χ4v) is 2.97. The van der Waals surface area contributed by atoms with E-state index in [1.165, 1.54) is 10.4 Å². The largest absolute Gasteiger partial charge is 0.310 e. The van der Waals surface area contributed by atoms with Gasteiger partial charge >= 0.3 is 0 Å². The van der Waals surface area contributed by atoms with E-state index >= 15 is 0 Å². The number of sulfonamides is 1. The molecule has 0 radical (unpaired) electrons. The van der Waals surface area contributed by atoms with E-state index < -0.39 is 10.0 Å². The molecule has 1 rings (SSSR count). The minimum absolute atomic E-state index is 0.0412. The van der Waals surface area contributed by atoms with E-state index in [0.29, 0.717) is 12.6 Å². The van der Waals surface area contributed by atoms with Gasteiger partial charge in [-0.15, -0.1) is 13.2 Å². The van der Waals surface area contributed by atoms with Crippen molar-refractivity contribution >= 4 is 10.0 Å². The molecule has 0 saturated carbocycles. The lowest BCUT2D eigenvalue weighted by Crippen LogP contribution is -2.32. The van der Waals surface area contributed by atoms with Gasteiger partial charge in [-0.25, -0.2) is 13.4 Å². The van der Waals surface area contributed by atoms with Crippen LogP contribution < -0.4 is 5.32 Å². The maximum Gasteiger partial charge on any atom is 0.261 e. The lowest BCUT2D eigenvalue weighted by atomic mass is 10.2. The van der Waals surface area contributed by atoms with Gasteiger partial charge in [0.2, 0.25) is 0 Å². The summed E-state index contributed by atoms with van der Waals surface area (Å²) in [4.78, 5) is 4.08. The Morgan fingerprint density at radius 1 is 1.29 bits per heavy atom. The Kier molecular flexibility index (Phi) is 6.74. The molecule has 1 aromatic rings. The summed E-state index contributed by atoms with van der Waals surface area (Å²) in [6, 6.07) is 3.67. The average Bonchev–Trinajstić information content (AvgIpc) is 2.45. The highest BCUT2D eigenvalue weighted by atomic mass is 32.2. The minimum Gasteiger partial charge on any atom is -0.310 e. The predicted molar refractivity (Wildman–Crippen MR) is 85.4 cm³/mol. The topological polar surface area (TPSA) is 62.3 Å². The fourth-order valence-electron chi connectivity index (χ4n) is 1.68. The number of hydrogen-bond acceptors (Lipinski definition) is 4. The summed E-state index contributed by atoms with van der Waals surface area (Å²) in [5, 5.41) is 3.30. The number of pyridine rings is 1. The third-order valence-electron chi connectivity index (χ3n) is 2.78. The smallest absolute Gasteiger partial charge is 0.261 e. The highest BCUT2D eigenvalue weighted by Crippen LogP contribution is 2.13. The standard InChI is InChI=1S/C15H23N3O2S/c1-5-9-18(10-6-2)21(19,20)15-8-7-14(12-17-15)11-16-13(3)4/h5-8,12-13,16H,1-2,9-11H2,3-4H3. The zero-order valence-electron chi connectivity index (χ0n) is 12.6. The Hall–Kier alpha value is -1.50. The van der Waals surface area contributed by atoms with Crippen molar-refractivity contribution in [2.75, 3.05) is 13.1 Å². The molecule has 0 saturated heterocycles. The van der Waals surface area contributed by atoms with E-state index in [9.17, 15) is 8.42 Å². The Morgan fingerprint density at radius 3 is 2.33 bits per heavy atom. The van der Waals surface area contributed by atoms with Gasteiger partial charge in [-0.1, -0.05) is 32.1 Å². The van der Waals surface area contributed by atoms with Crippen LogP contribution in [-0.2, 0) is 16.6 Å². The van der Waals surface area contributed by atoms with Crippen LogP contribution in [0, 0.1) is 0 Å². The first kappa shape index (κ1) is 17.6. The molecular weight excluding hydrogens is 286 g/mol. The van der Waals surface area contributed by atoms with Crippen molar-refractivity contribution in [1.29, 1.82) is 0 Å². The van der Waals surface area contributed by atoms with E-state index in [4.69, 9.17) is 0 Å². The number of nitrogens with zero attached hydrogens (tertiary/aromatic N) is 2. The summed E-state index contributed by atoms with van der Waals surface area (Å²) in [5.41, 5.74) is 0.946. The average molecular weight is 309 g/mol. The van der Waals surface area contributed by atoms with E-state index in [1.807, 2.05) is 0 Å². The first-order valence-electron chi connectivity index (χ1n) is 6.82. The van der Waals surface area contributed by atoms with E-state index in [2.05, 4.69) is 37.3 Å². The molecule has 0 atom stereocenters. The van der Waals surface area contributed by atoms with Crippen LogP contribution in [-0.4, -0.2) is 36.8 Å². The Labute approximate surface area is 127 Å². The first-order chi connectivity index (χ1) is 9.91. The van der Waals surface area contributed by atoms with E-state index in [0.717, 1.165) is 5.56 Å². The normalized spacial score (nSPS) is 11.8. The SMILES string of the molecule is C=CCN(CC=C)S(=O)(=O)c1ccc(CNC(C)C)cn1. The maximum absolute atomic E-state index is 12.4. The molecule has 0 amide bonds. The number of aromatic nitrogens is 1. The molecule has 5 nitrogen and oxygen atoms in total. The number of nitrogens with one attached hydrogen (secondary N) is 1. The van der Waals surface area contributed by atoms with Gasteiger partial charge in [0.1, 0.15) is 0 Å². The summed E-state index contributed by atoms with van der Waals surface area (Å²) < 4.78 is 26.2. The van der Waals surface area contributed by atoms with Gasteiger partial charge < -0.3 is 5.32 Å². The quantitative estimate of drug-likeness (QED) is 0.708. The molecule has 1 aromatic heterocycles.